The molecular formula is C60H87ClFNO9. The van der Waals surface area contributed by atoms with E-state index in [4.69, 9.17) is 35.3 Å². The van der Waals surface area contributed by atoms with Gasteiger partial charge in [-0.1, -0.05) is 99.0 Å². The van der Waals surface area contributed by atoms with Gasteiger partial charge in [0.1, 0.15) is 57.3 Å². The maximum atomic E-state index is 13.7. The first kappa shape index (κ1) is 64.7. The van der Waals surface area contributed by atoms with Crippen molar-refractivity contribution in [2.45, 2.75) is 188 Å². The quantitative estimate of drug-likeness (QED) is 0.101. The van der Waals surface area contributed by atoms with Gasteiger partial charge in [-0.3, -0.25) is 24.2 Å². The maximum absolute atomic E-state index is 13.7. The smallest absolute Gasteiger partial charge is 0.165 e. The number of carbonyl (C=O) groups is 4. The molecule has 0 aliphatic carbocycles. The first-order valence-corrected chi connectivity index (χ1v) is 25.3. The van der Waals surface area contributed by atoms with Crippen LogP contribution in [0.3, 0.4) is 0 Å². The van der Waals surface area contributed by atoms with Crippen LogP contribution in [0.15, 0.2) is 72.9 Å². The molecule has 1 aromatic heterocycles. The van der Waals surface area contributed by atoms with Crippen molar-refractivity contribution in [2.75, 3.05) is 7.11 Å². The Hall–Kier alpha value is -5.29. The lowest BCUT2D eigenvalue weighted by Gasteiger charge is -2.22. The Labute approximate surface area is 437 Å². The molecule has 0 bridgehead atoms. The summed E-state index contributed by atoms with van der Waals surface area (Å²) in [7, 11) is 1.61. The topological polar surface area (TPSA) is 127 Å². The van der Waals surface area contributed by atoms with Crippen LogP contribution in [0, 0.1) is 28.5 Å². The minimum atomic E-state index is -0.414. The molecule has 0 aliphatic rings. The summed E-state index contributed by atoms with van der Waals surface area (Å²) in [6.45, 7) is 38.5. The first-order chi connectivity index (χ1) is 32.9. The molecule has 0 fully saturated rings. The standard InChI is InChI=1S/C16H24O3.C15H21FO2.C15H23NO2.C14H19ClO2/c1-11(2)14(17)9-12-7-8-13(10-15(12)18-6)19-16(3,4)5;1-10(2)18-13-7-6-11(8-12(13)16)9-14(17)15(3,4)5;1-14(2,3)13(17)9-11-7-8-12(10-16-11)18-15(4,5)6;1-9(2)14(16)7-11-5-6-12(8-13(11)15)17-10(3)4/h7-8,10-11H,9H2,1-6H3;6-8,10H,9H2,1-5H3;7-8,10H,9H2,1-6H3;5-6,8-10H,7H2,1-4H3. The molecule has 400 valence electrons. The van der Waals surface area contributed by atoms with Crippen LogP contribution in [0.4, 0.5) is 4.39 Å². The number of hydrogen-bond acceptors (Lipinski definition) is 10. The van der Waals surface area contributed by atoms with Crippen molar-refractivity contribution < 1.29 is 47.3 Å². The van der Waals surface area contributed by atoms with E-state index in [9.17, 15) is 23.6 Å². The summed E-state index contributed by atoms with van der Waals surface area (Å²) in [4.78, 5) is 51.4. The third-order valence-corrected chi connectivity index (χ3v) is 10.4. The van der Waals surface area contributed by atoms with Crippen molar-refractivity contribution in [3.05, 3.63) is 106 Å². The minimum Gasteiger partial charge on any atom is -0.496 e. The fourth-order valence-corrected chi connectivity index (χ4v) is 6.14. The van der Waals surface area contributed by atoms with Crippen LogP contribution in [0.1, 0.15) is 161 Å². The normalized spacial score (nSPS) is 11.7. The van der Waals surface area contributed by atoms with Gasteiger partial charge in [0.15, 0.2) is 11.6 Å². The zero-order chi connectivity index (χ0) is 55.5. The number of ether oxygens (including phenoxy) is 5. The molecule has 10 nitrogen and oxygen atoms in total. The Balaban J connectivity index is 0.000000480. The lowest BCUT2D eigenvalue weighted by Crippen LogP contribution is -2.23. The van der Waals surface area contributed by atoms with E-state index < -0.39 is 11.2 Å². The number of aromatic nitrogens is 1. The Morgan fingerprint density at radius 3 is 1.44 bits per heavy atom. The van der Waals surface area contributed by atoms with Gasteiger partial charge in [-0.05, 0) is 123 Å². The number of hydrogen-bond donors (Lipinski definition) is 0. The second-order valence-electron chi connectivity index (χ2n) is 23.0. The second-order valence-corrected chi connectivity index (χ2v) is 23.4. The van der Waals surface area contributed by atoms with Crippen LogP contribution in [-0.4, -0.2) is 58.6 Å². The molecule has 12 heteroatoms. The third kappa shape index (κ3) is 26.4. The minimum absolute atomic E-state index is 0.0372. The summed E-state index contributed by atoms with van der Waals surface area (Å²) in [5, 5.41) is 0.595. The molecular weight excluding hydrogens is 933 g/mol. The number of rotatable bonds is 17. The molecule has 4 rings (SSSR count). The summed E-state index contributed by atoms with van der Waals surface area (Å²) < 4.78 is 41.4. The van der Waals surface area contributed by atoms with Crippen LogP contribution in [0.5, 0.6) is 28.7 Å². The molecule has 72 heavy (non-hydrogen) atoms. The van der Waals surface area contributed by atoms with Crippen LogP contribution < -0.4 is 23.7 Å². The van der Waals surface area contributed by atoms with Crippen LogP contribution in [0.2, 0.25) is 5.02 Å². The van der Waals surface area contributed by atoms with Crippen LogP contribution in [0.25, 0.3) is 0 Å². The third-order valence-electron chi connectivity index (χ3n) is 10.1. The van der Waals surface area contributed by atoms with Gasteiger partial charge in [0.05, 0.1) is 25.5 Å². The average molecular weight is 1020 g/mol. The molecule has 0 radical (unpaired) electrons. The molecule has 0 spiro atoms. The largest absolute Gasteiger partial charge is 0.496 e. The van der Waals surface area contributed by atoms with E-state index in [1.807, 2.05) is 181 Å². The first-order valence-electron chi connectivity index (χ1n) is 24.9. The van der Waals surface area contributed by atoms with E-state index >= 15 is 0 Å². The maximum Gasteiger partial charge on any atom is 0.165 e. The molecule has 1 heterocycles. The molecule has 0 saturated carbocycles. The summed E-state index contributed by atoms with van der Waals surface area (Å²) in [6.07, 6.45) is 3.14. The molecule has 0 atom stereocenters. The SMILES string of the molecule is CC(C)(C)Oc1ccc(CC(=O)C(C)(C)C)nc1.CC(C)Oc1ccc(CC(=O)C(C)(C)C)cc1F.CC(C)Oc1ccc(CC(=O)C(C)C)c(Cl)c1.COc1cc(OC(C)(C)C)ccc1CC(=O)C(C)C. The molecule has 0 aliphatic heterocycles. The molecule has 0 N–H and O–H groups in total. The Bertz CT molecular complexity index is 2340. The predicted molar refractivity (Wildman–Crippen MR) is 291 cm³/mol. The van der Waals surface area contributed by atoms with E-state index in [0.29, 0.717) is 35.6 Å². The monoisotopic (exact) mass is 1020 g/mol. The highest BCUT2D eigenvalue weighted by atomic mass is 35.5. The highest BCUT2D eigenvalue weighted by Gasteiger charge is 2.23. The van der Waals surface area contributed by atoms with Crippen molar-refractivity contribution >= 4 is 34.7 Å². The zero-order valence-electron chi connectivity index (χ0n) is 47.4. The van der Waals surface area contributed by atoms with Crippen molar-refractivity contribution in [3.8, 4) is 28.7 Å². The molecule has 4 aromatic rings. The summed E-state index contributed by atoms with van der Waals surface area (Å²) in [6, 6.07) is 19.5. The fraction of sp³-hybridized carbons (Fsp3) is 0.550. The Morgan fingerprint density at radius 2 is 1.01 bits per heavy atom. The van der Waals surface area contributed by atoms with Gasteiger partial charge < -0.3 is 23.7 Å². The molecule has 0 amide bonds. The van der Waals surface area contributed by atoms with Crippen molar-refractivity contribution in [3.63, 3.8) is 0 Å². The van der Waals surface area contributed by atoms with Crippen LogP contribution >= 0.6 is 11.6 Å². The van der Waals surface area contributed by atoms with E-state index in [-0.39, 0.29) is 76.0 Å². The summed E-state index contributed by atoms with van der Waals surface area (Å²) >= 11 is 6.13. The van der Waals surface area contributed by atoms with E-state index in [1.165, 1.54) is 6.07 Å². The predicted octanol–water partition coefficient (Wildman–Crippen LogP) is 14.7. The number of halogens is 2. The van der Waals surface area contributed by atoms with E-state index in [2.05, 4.69) is 4.98 Å². The van der Waals surface area contributed by atoms with Gasteiger partial charge in [-0.15, -0.1) is 0 Å². The van der Waals surface area contributed by atoms with Gasteiger partial charge in [0.2, 0.25) is 0 Å². The number of methoxy groups -OCH3 is 1. The number of pyridine rings is 1. The van der Waals surface area contributed by atoms with Crippen molar-refractivity contribution in [1.29, 1.82) is 0 Å². The Kier molecular flexibility index (Phi) is 25.9. The number of ketones is 4. The van der Waals surface area contributed by atoms with E-state index in [1.54, 1.807) is 31.5 Å². The van der Waals surface area contributed by atoms with Gasteiger partial charge >= 0.3 is 0 Å². The van der Waals surface area contributed by atoms with Crippen LogP contribution in [-0.2, 0) is 44.9 Å². The Morgan fingerprint density at radius 1 is 0.542 bits per heavy atom. The van der Waals surface area contributed by atoms with Gasteiger partial charge in [-0.2, -0.15) is 0 Å². The van der Waals surface area contributed by atoms with Gasteiger partial charge in [0.25, 0.3) is 0 Å². The number of carbonyl (C=O) groups excluding carboxylic acids is 4. The zero-order valence-corrected chi connectivity index (χ0v) is 48.2. The van der Waals surface area contributed by atoms with Crippen molar-refractivity contribution in [2.24, 2.45) is 22.7 Å². The molecule has 0 saturated heterocycles. The molecule has 0 unspecified atom stereocenters. The summed E-state index contributed by atoms with van der Waals surface area (Å²) in [5.41, 5.74) is 2.04. The average Bonchev–Trinajstić information content (AvgIpc) is 3.22. The summed E-state index contributed by atoms with van der Waals surface area (Å²) in [5.74, 6) is 3.53. The number of Topliss-reactive ketones (excluding diaryl/α,β-unsaturated/α-hetero) is 4. The highest BCUT2D eigenvalue weighted by molar-refractivity contribution is 6.31. The lowest BCUT2D eigenvalue weighted by atomic mass is 9.87. The lowest BCUT2D eigenvalue weighted by molar-refractivity contribution is -0.126. The number of benzene rings is 3. The van der Waals surface area contributed by atoms with E-state index in [0.717, 1.165) is 34.1 Å². The van der Waals surface area contributed by atoms with Gasteiger partial charge in [0, 0.05) is 70.7 Å². The highest BCUT2D eigenvalue weighted by Crippen LogP contribution is 2.29. The second kappa shape index (κ2) is 28.8. The van der Waals surface area contributed by atoms with Crippen molar-refractivity contribution in [1.82, 2.24) is 4.98 Å². The number of nitrogens with zero attached hydrogens (tertiary/aromatic N) is 1. The molecule has 3 aromatic carbocycles. The van der Waals surface area contributed by atoms with Gasteiger partial charge in [-0.25, -0.2) is 4.39 Å². The fourth-order valence-electron chi connectivity index (χ4n) is 5.90.